The van der Waals surface area contributed by atoms with Crippen molar-refractivity contribution in [2.75, 3.05) is 6.61 Å². The van der Waals surface area contributed by atoms with Crippen LogP contribution in [0.2, 0.25) is 0 Å². The van der Waals surface area contributed by atoms with Gasteiger partial charge in [0.15, 0.2) is 11.3 Å². The lowest BCUT2D eigenvalue weighted by Gasteiger charge is -2.04. The van der Waals surface area contributed by atoms with E-state index in [1.165, 1.54) is 6.07 Å². The van der Waals surface area contributed by atoms with Gasteiger partial charge in [0.25, 0.3) is 0 Å². The number of aromatic nitrogens is 4. The Bertz CT molecular complexity index is 821. The average molecular weight is 288 g/mol. The number of ether oxygens (including phenoxy) is 1. The van der Waals surface area contributed by atoms with Crippen molar-refractivity contribution in [2.45, 2.75) is 13.8 Å². The van der Waals surface area contributed by atoms with E-state index in [-0.39, 0.29) is 29.3 Å². The number of hydrogen-bond acceptors (Lipinski definition) is 7. The summed E-state index contributed by atoms with van der Waals surface area (Å²) in [6, 6.07) is 3.18. The third kappa shape index (κ3) is 2.00. The molecular weight excluding hydrogens is 276 g/mol. The molecule has 2 aromatic heterocycles. The molecule has 3 rings (SSSR count). The van der Waals surface area contributed by atoms with Crippen LogP contribution in [-0.4, -0.2) is 38.3 Å². The van der Waals surface area contributed by atoms with Gasteiger partial charge in [-0.3, -0.25) is 0 Å². The molecule has 0 aliphatic heterocycles. The highest BCUT2D eigenvalue weighted by molar-refractivity contribution is 6.02. The minimum absolute atomic E-state index is 0.0197. The van der Waals surface area contributed by atoms with E-state index in [1.807, 2.05) is 0 Å². The van der Waals surface area contributed by atoms with E-state index in [4.69, 9.17) is 9.26 Å². The first-order valence-corrected chi connectivity index (χ1v) is 6.29. The summed E-state index contributed by atoms with van der Waals surface area (Å²) < 4.78 is 10.2. The second-order valence-corrected chi connectivity index (χ2v) is 4.35. The number of nitrogens with one attached hydrogen (secondary N) is 1. The van der Waals surface area contributed by atoms with E-state index in [0.29, 0.717) is 11.3 Å². The third-order valence-corrected chi connectivity index (χ3v) is 3.05. The maximum atomic E-state index is 11.9. The van der Waals surface area contributed by atoms with E-state index in [9.17, 15) is 9.90 Å². The molecule has 0 unspecified atom stereocenters. The minimum atomic E-state index is -0.631. The number of esters is 1. The van der Waals surface area contributed by atoms with E-state index in [1.54, 1.807) is 19.9 Å². The minimum Gasteiger partial charge on any atom is -0.507 e. The Morgan fingerprint density at radius 2 is 2.24 bits per heavy atom. The van der Waals surface area contributed by atoms with Gasteiger partial charge >= 0.3 is 5.97 Å². The molecule has 1 aromatic carbocycles. The lowest BCUT2D eigenvalue weighted by Crippen LogP contribution is -2.06. The van der Waals surface area contributed by atoms with E-state index < -0.39 is 5.97 Å². The molecule has 2 N–H and O–H groups in total. The Morgan fingerprint density at radius 1 is 1.43 bits per heavy atom. The fourth-order valence-electron chi connectivity index (χ4n) is 2.09. The Balaban J connectivity index is 2.24. The summed E-state index contributed by atoms with van der Waals surface area (Å²) in [5.74, 6) is -0.716. The molecule has 0 bridgehead atoms. The van der Waals surface area contributed by atoms with Crippen LogP contribution in [0.4, 0.5) is 0 Å². The number of nitrogens with zero attached hydrogens (tertiary/aromatic N) is 3. The van der Waals surface area contributed by atoms with Gasteiger partial charge < -0.3 is 14.4 Å². The summed E-state index contributed by atoms with van der Waals surface area (Å²) in [6.45, 7) is 3.68. The molecule has 0 atom stereocenters. The third-order valence-electron chi connectivity index (χ3n) is 3.05. The zero-order valence-electron chi connectivity index (χ0n) is 11.4. The van der Waals surface area contributed by atoms with Gasteiger partial charge in [0.05, 0.1) is 17.9 Å². The molecule has 0 fully saturated rings. The first kappa shape index (κ1) is 13.1. The normalized spacial score (nSPS) is 11.0. The Labute approximate surface area is 118 Å². The molecule has 0 amide bonds. The van der Waals surface area contributed by atoms with E-state index >= 15 is 0 Å². The largest absolute Gasteiger partial charge is 0.507 e. The van der Waals surface area contributed by atoms with Crippen LogP contribution >= 0.6 is 0 Å². The summed E-state index contributed by atoms with van der Waals surface area (Å²) in [7, 11) is 0. The standard InChI is InChI=1S/C13H12N4O4/c1-3-20-13(19)11-10(14-17-15-11)9-8(18)5-4-7-6(2)16-21-12(7)9/h4-5,18H,3H2,1-2H3,(H,14,15,17). The van der Waals surface area contributed by atoms with Crippen LogP contribution in [0.1, 0.15) is 23.1 Å². The average Bonchev–Trinajstić information content (AvgIpc) is 3.06. The molecule has 0 saturated heterocycles. The van der Waals surface area contributed by atoms with Crippen LogP contribution in [0.3, 0.4) is 0 Å². The second kappa shape index (κ2) is 4.89. The van der Waals surface area contributed by atoms with Gasteiger partial charge in [0, 0.05) is 5.39 Å². The topological polar surface area (TPSA) is 114 Å². The highest BCUT2D eigenvalue weighted by Gasteiger charge is 2.25. The quantitative estimate of drug-likeness (QED) is 0.706. The number of carbonyl (C=O) groups is 1. The smallest absolute Gasteiger partial charge is 0.361 e. The molecule has 8 nitrogen and oxygen atoms in total. The molecule has 8 heteroatoms. The van der Waals surface area contributed by atoms with Gasteiger partial charge in [-0.25, -0.2) is 4.79 Å². The zero-order valence-corrected chi connectivity index (χ0v) is 11.4. The van der Waals surface area contributed by atoms with Gasteiger partial charge in [-0.15, -0.1) is 5.10 Å². The van der Waals surface area contributed by atoms with E-state index in [2.05, 4.69) is 20.6 Å². The predicted molar refractivity (Wildman–Crippen MR) is 71.7 cm³/mol. The number of aromatic amines is 1. The Hall–Kier alpha value is -2.90. The number of phenols is 1. The summed E-state index contributed by atoms with van der Waals surface area (Å²) in [5.41, 5.74) is 1.41. The van der Waals surface area contributed by atoms with Crippen LogP contribution in [0.15, 0.2) is 16.7 Å². The summed E-state index contributed by atoms with van der Waals surface area (Å²) in [5, 5.41) is 24.8. The van der Waals surface area contributed by atoms with Gasteiger partial charge in [0.1, 0.15) is 11.4 Å². The van der Waals surface area contributed by atoms with Crippen molar-refractivity contribution < 1.29 is 19.2 Å². The molecule has 2 heterocycles. The van der Waals surface area contributed by atoms with Gasteiger partial charge in [0.2, 0.25) is 0 Å². The molecule has 21 heavy (non-hydrogen) atoms. The molecule has 0 radical (unpaired) electrons. The Morgan fingerprint density at radius 3 is 3.00 bits per heavy atom. The predicted octanol–water partition coefficient (Wildman–Crippen LogP) is 1.80. The monoisotopic (exact) mass is 288 g/mol. The fourth-order valence-corrected chi connectivity index (χ4v) is 2.09. The number of phenolic OH excluding ortho intramolecular Hbond substituents is 1. The van der Waals surface area contributed by atoms with Crippen molar-refractivity contribution in [3.63, 3.8) is 0 Å². The molecular formula is C13H12N4O4. The van der Waals surface area contributed by atoms with Gasteiger partial charge in [-0.1, -0.05) is 5.16 Å². The molecule has 0 saturated carbocycles. The van der Waals surface area contributed by atoms with Crippen LogP contribution < -0.4 is 0 Å². The van der Waals surface area contributed by atoms with Crippen molar-refractivity contribution in [1.29, 1.82) is 0 Å². The van der Waals surface area contributed by atoms with Crippen molar-refractivity contribution in [3.05, 3.63) is 23.5 Å². The van der Waals surface area contributed by atoms with Crippen molar-refractivity contribution in [1.82, 2.24) is 20.6 Å². The van der Waals surface area contributed by atoms with Gasteiger partial charge in [-0.05, 0) is 26.0 Å². The molecule has 108 valence electrons. The van der Waals surface area contributed by atoms with Crippen LogP contribution in [0, 0.1) is 6.92 Å². The number of benzene rings is 1. The van der Waals surface area contributed by atoms with Crippen LogP contribution in [0.5, 0.6) is 5.75 Å². The summed E-state index contributed by atoms with van der Waals surface area (Å²) in [6.07, 6.45) is 0. The molecule has 3 aromatic rings. The highest BCUT2D eigenvalue weighted by Crippen LogP contribution is 2.37. The number of H-pyrrole nitrogens is 1. The molecule has 0 spiro atoms. The number of aryl methyl sites for hydroxylation is 1. The highest BCUT2D eigenvalue weighted by atomic mass is 16.5. The zero-order chi connectivity index (χ0) is 15.0. The first-order chi connectivity index (χ1) is 10.1. The lowest BCUT2D eigenvalue weighted by molar-refractivity contribution is 0.0520. The number of hydrogen-bond donors (Lipinski definition) is 2. The summed E-state index contributed by atoms with van der Waals surface area (Å²) >= 11 is 0. The number of aromatic hydroxyl groups is 1. The molecule has 0 aliphatic rings. The van der Waals surface area contributed by atoms with E-state index in [0.717, 1.165) is 5.39 Å². The molecule has 0 aliphatic carbocycles. The first-order valence-electron chi connectivity index (χ1n) is 6.29. The SMILES string of the molecule is CCOC(=O)c1n[nH]nc1-c1c(O)ccc2c(C)noc12. The summed E-state index contributed by atoms with van der Waals surface area (Å²) in [4.78, 5) is 11.9. The maximum Gasteiger partial charge on any atom is 0.361 e. The van der Waals surface area contributed by atoms with Crippen LogP contribution in [0.25, 0.3) is 22.2 Å². The van der Waals surface area contributed by atoms with Crippen LogP contribution in [-0.2, 0) is 4.74 Å². The fraction of sp³-hybridized carbons (Fsp3) is 0.231. The van der Waals surface area contributed by atoms with Crippen molar-refractivity contribution in [3.8, 4) is 17.0 Å². The van der Waals surface area contributed by atoms with Crippen molar-refractivity contribution >= 4 is 16.9 Å². The lowest BCUT2D eigenvalue weighted by atomic mass is 10.0. The second-order valence-electron chi connectivity index (χ2n) is 4.35. The number of fused-ring (bicyclic) bond motifs is 1. The maximum absolute atomic E-state index is 11.9. The number of carbonyl (C=O) groups excluding carboxylic acids is 1. The van der Waals surface area contributed by atoms with Crippen molar-refractivity contribution in [2.24, 2.45) is 0 Å². The number of rotatable bonds is 3. The van der Waals surface area contributed by atoms with Gasteiger partial charge in [-0.2, -0.15) is 10.3 Å². The Kier molecular flexibility index (Phi) is 3.05.